The van der Waals surface area contributed by atoms with Crippen LogP contribution in [0.3, 0.4) is 0 Å². The number of alkyl carbamates (subject to hydrolysis) is 1. The number of aliphatic hydroxyl groups is 1. The van der Waals surface area contributed by atoms with Gasteiger partial charge in [0, 0.05) is 4.91 Å². The Kier molecular flexibility index (Phi) is 7.54. The van der Waals surface area contributed by atoms with Gasteiger partial charge in [-0.2, -0.15) is 0 Å². The van der Waals surface area contributed by atoms with Crippen LogP contribution in [0.15, 0.2) is 59.7 Å². The molecular weight excluding hydrogens is 420 g/mol. The maximum absolute atomic E-state index is 12.5. The van der Waals surface area contributed by atoms with Crippen molar-refractivity contribution in [3.05, 3.63) is 65.2 Å². The fourth-order valence-electron chi connectivity index (χ4n) is 3.25. The zero-order valence-corrected chi connectivity index (χ0v) is 17.8. The highest BCUT2D eigenvalue weighted by Gasteiger charge is 2.57. The Labute approximate surface area is 184 Å². The number of fused-ring (bicyclic) bond motifs is 1. The van der Waals surface area contributed by atoms with Gasteiger partial charge in [-0.3, -0.25) is 9.69 Å². The van der Waals surface area contributed by atoms with Crippen LogP contribution in [0.1, 0.15) is 12.5 Å². The monoisotopic (exact) mass is 444 g/mol. The van der Waals surface area contributed by atoms with Crippen molar-refractivity contribution in [3.63, 3.8) is 0 Å². The normalized spacial score (nSPS) is 20.8. The van der Waals surface area contributed by atoms with E-state index in [0.29, 0.717) is 4.91 Å². The standard InChI is InChI=1S/C22H24N2O6S/c1-3-11-29-21(27)18-16(31-20-17(14(2)25)19(26)24(18)20)13-23-22(28)30-12-7-10-15-8-5-4-6-9-15/h3-10,14,17,20,25H,1,11-13H2,2H3,(H,23,28)/t14-,17+,20-/m1/s1. The molecule has 1 aromatic carbocycles. The summed E-state index contributed by atoms with van der Waals surface area (Å²) < 4.78 is 10.2. The number of hydrogen-bond acceptors (Lipinski definition) is 7. The molecule has 0 radical (unpaired) electrons. The summed E-state index contributed by atoms with van der Waals surface area (Å²) in [6.45, 7) is 5.11. The summed E-state index contributed by atoms with van der Waals surface area (Å²) in [5, 5.41) is 12.0. The van der Waals surface area contributed by atoms with Crippen molar-refractivity contribution in [3.8, 4) is 0 Å². The minimum absolute atomic E-state index is 0.00275. The molecule has 2 aliphatic rings. The van der Waals surface area contributed by atoms with Gasteiger partial charge in [0.15, 0.2) is 0 Å². The third-order valence-corrected chi connectivity index (χ3v) is 6.08. The van der Waals surface area contributed by atoms with Crippen LogP contribution in [0, 0.1) is 5.92 Å². The van der Waals surface area contributed by atoms with E-state index in [0.717, 1.165) is 5.56 Å². The summed E-state index contributed by atoms with van der Waals surface area (Å²) in [6.07, 6.45) is 3.47. The molecule has 2 amide bonds. The van der Waals surface area contributed by atoms with Gasteiger partial charge in [-0.1, -0.05) is 60.8 Å². The molecule has 0 saturated carbocycles. The lowest BCUT2D eigenvalue weighted by molar-refractivity contribution is -0.157. The van der Waals surface area contributed by atoms with E-state index in [-0.39, 0.29) is 31.4 Å². The first-order valence-electron chi connectivity index (χ1n) is 9.75. The number of rotatable bonds is 9. The molecule has 9 heteroatoms. The van der Waals surface area contributed by atoms with Crippen molar-refractivity contribution in [2.45, 2.75) is 18.4 Å². The Morgan fingerprint density at radius 1 is 1.29 bits per heavy atom. The van der Waals surface area contributed by atoms with Crippen molar-refractivity contribution in [1.82, 2.24) is 10.2 Å². The van der Waals surface area contributed by atoms with Crippen molar-refractivity contribution in [1.29, 1.82) is 0 Å². The Hall–Kier alpha value is -3.04. The second kappa shape index (κ2) is 10.3. The number of β-lactam (4-membered cyclic amide) rings is 1. The molecule has 0 spiro atoms. The molecule has 164 valence electrons. The highest BCUT2D eigenvalue weighted by Crippen LogP contribution is 2.50. The quantitative estimate of drug-likeness (QED) is 0.342. The van der Waals surface area contributed by atoms with Crippen LogP contribution in [0.4, 0.5) is 4.79 Å². The second-order valence-corrected chi connectivity index (χ2v) is 8.12. The SMILES string of the molecule is C=CCOC(=O)C1=C(CNC(=O)OCC=Cc2ccccc2)S[C@@H]2[C@@H]([C@@H](C)O)C(=O)N12. The largest absolute Gasteiger partial charge is 0.457 e. The molecule has 2 heterocycles. The van der Waals surface area contributed by atoms with E-state index in [1.54, 1.807) is 6.08 Å². The van der Waals surface area contributed by atoms with E-state index in [2.05, 4.69) is 11.9 Å². The number of amides is 2. The number of thioether (sulfide) groups is 1. The predicted molar refractivity (Wildman–Crippen MR) is 116 cm³/mol. The number of ether oxygens (including phenoxy) is 2. The minimum Gasteiger partial charge on any atom is -0.457 e. The van der Waals surface area contributed by atoms with E-state index in [1.165, 1.54) is 29.7 Å². The van der Waals surface area contributed by atoms with E-state index in [4.69, 9.17) is 9.47 Å². The molecule has 3 rings (SSSR count). The maximum Gasteiger partial charge on any atom is 0.407 e. The number of carbonyl (C=O) groups excluding carboxylic acids is 3. The van der Waals surface area contributed by atoms with Crippen LogP contribution in [0.2, 0.25) is 0 Å². The molecule has 2 N–H and O–H groups in total. The summed E-state index contributed by atoms with van der Waals surface area (Å²) in [4.78, 5) is 38.7. The van der Waals surface area contributed by atoms with Crippen LogP contribution >= 0.6 is 11.8 Å². The van der Waals surface area contributed by atoms with E-state index in [1.807, 2.05) is 36.4 Å². The molecule has 8 nitrogen and oxygen atoms in total. The fourth-order valence-corrected chi connectivity index (χ4v) is 4.79. The Bertz CT molecular complexity index is 912. The van der Waals surface area contributed by atoms with Crippen molar-refractivity contribution in [2.24, 2.45) is 5.92 Å². The molecule has 1 fully saturated rings. The third kappa shape index (κ3) is 5.18. The maximum atomic E-state index is 12.5. The van der Waals surface area contributed by atoms with Gasteiger partial charge in [0.25, 0.3) is 0 Å². The van der Waals surface area contributed by atoms with E-state index >= 15 is 0 Å². The molecule has 0 bridgehead atoms. The van der Waals surface area contributed by atoms with Crippen LogP contribution < -0.4 is 5.32 Å². The summed E-state index contributed by atoms with van der Waals surface area (Å²) in [5.41, 5.74) is 1.08. The number of aliphatic hydroxyl groups excluding tert-OH is 1. The summed E-state index contributed by atoms with van der Waals surface area (Å²) in [5.74, 6) is -1.63. The lowest BCUT2D eigenvalue weighted by Crippen LogP contribution is -2.60. The zero-order valence-electron chi connectivity index (χ0n) is 17.0. The first-order chi connectivity index (χ1) is 14.9. The number of benzene rings is 1. The van der Waals surface area contributed by atoms with Gasteiger partial charge < -0.3 is 19.9 Å². The Morgan fingerprint density at radius 2 is 2.03 bits per heavy atom. The first kappa shape index (κ1) is 22.6. The van der Waals surface area contributed by atoms with E-state index in [9.17, 15) is 19.5 Å². The zero-order chi connectivity index (χ0) is 22.4. The van der Waals surface area contributed by atoms with Crippen molar-refractivity contribution < 1.29 is 29.0 Å². The number of hydrogen-bond donors (Lipinski definition) is 2. The highest BCUT2D eigenvalue weighted by molar-refractivity contribution is 8.04. The second-order valence-electron chi connectivity index (χ2n) is 6.91. The van der Waals surface area contributed by atoms with Gasteiger partial charge in [0.2, 0.25) is 5.91 Å². The molecule has 31 heavy (non-hydrogen) atoms. The molecule has 1 aromatic rings. The van der Waals surface area contributed by atoms with Gasteiger partial charge in [-0.05, 0) is 18.6 Å². The summed E-state index contributed by atoms with van der Waals surface area (Å²) in [6, 6.07) is 9.59. The molecule has 3 atom stereocenters. The number of esters is 1. The first-order valence-corrected chi connectivity index (χ1v) is 10.6. The average Bonchev–Trinajstić information content (AvgIpc) is 3.08. The van der Waals surface area contributed by atoms with Gasteiger partial charge >= 0.3 is 12.1 Å². The minimum atomic E-state index is -0.847. The third-order valence-electron chi connectivity index (χ3n) is 4.71. The smallest absolute Gasteiger partial charge is 0.407 e. The molecule has 1 saturated heterocycles. The summed E-state index contributed by atoms with van der Waals surface area (Å²) >= 11 is 1.25. The fraction of sp³-hybridized carbons (Fsp3) is 0.318. The van der Waals surface area contributed by atoms with Gasteiger partial charge in [-0.25, -0.2) is 9.59 Å². The van der Waals surface area contributed by atoms with Crippen molar-refractivity contribution >= 4 is 35.8 Å². The molecule has 0 aliphatic carbocycles. The Morgan fingerprint density at radius 3 is 2.71 bits per heavy atom. The predicted octanol–water partition coefficient (Wildman–Crippen LogP) is 2.28. The van der Waals surface area contributed by atoms with Gasteiger partial charge in [0.05, 0.1) is 18.6 Å². The molecular formula is C22H24N2O6S. The average molecular weight is 445 g/mol. The molecule has 2 aliphatic heterocycles. The van der Waals surface area contributed by atoms with Crippen LogP contribution in [-0.4, -0.2) is 59.2 Å². The topological polar surface area (TPSA) is 105 Å². The van der Waals surface area contributed by atoms with Crippen LogP contribution in [0.5, 0.6) is 0 Å². The summed E-state index contributed by atoms with van der Waals surface area (Å²) in [7, 11) is 0. The molecule has 0 unspecified atom stereocenters. The lowest BCUT2D eigenvalue weighted by Gasteiger charge is -2.43. The Balaban J connectivity index is 1.58. The van der Waals surface area contributed by atoms with Gasteiger partial charge in [-0.15, -0.1) is 0 Å². The van der Waals surface area contributed by atoms with Crippen LogP contribution in [0.25, 0.3) is 6.08 Å². The lowest BCUT2D eigenvalue weighted by atomic mass is 9.92. The molecule has 0 aromatic heterocycles. The van der Waals surface area contributed by atoms with Crippen LogP contribution in [-0.2, 0) is 19.1 Å². The van der Waals surface area contributed by atoms with Crippen molar-refractivity contribution in [2.75, 3.05) is 19.8 Å². The number of carbonyl (C=O) groups is 3. The van der Waals surface area contributed by atoms with Gasteiger partial charge in [0.1, 0.15) is 24.3 Å². The van der Waals surface area contributed by atoms with E-state index < -0.39 is 29.5 Å². The highest BCUT2D eigenvalue weighted by atomic mass is 32.2. The number of nitrogens with zero attached hydrogens (tertiary/aromatic N) is 1. The number of nitrogens with one attached hydrogen (secondary N) is 1.